The summed E-state index contributed by atoms with van der Waals surface area (Å²) in [7, 11) is 1.53. The molecule has 0 atom stereocenters. The minimum Gasteiger partial charge on any atom is -0.493 e. The quantitative estimate of drug-likeness (QED) is 0.237. The molecule has 31 heavy (non-hydrogen) atoms. The van der Waals surface area contributed by atoms with E-state index in [2.05, 4.69) is 32.4 Å². The van der Waals surface area contributed by atoms with Crippen molar-refractivity contribution in [2.75, 3.05) is 13.7 Å². The zero-order chi connectivity index (χ0) is 21.8. The van der Waals surface area contributed by atoms with Crippen LogP contribution in [0.15, 0.2) is 68.6 Å². The molecule has 0 spiro atoms. The van der Waals surface area contributed by atoms with E-state index in [0.29, 0.717) is 22.6 Å². The smallest absolute Gasteiger partial charge is 0.307 e. The average molecular weight is 477 g/mol. The second-order valence-electron chi connectivity index (χ2n) is 6.53. The van der Waals surface area contributed by atoms with Crippen molar-refractivity contribution in [1.29, 1.82) is 0 Å². The molecule has 1 heterocycles. The number of ether oxygens (including phenoxy) is 2. The first kappa shape index (κ1) is 20.5. The summed E-state index contributed by atoms with van der Waals surface area (Å²) in [6.45, 7) is 0.0676. The molecule has 0 saturated heterocycles. The summed E-state index contributed by atoms with van der Waals surface area (Å²) in [5.74, 6) is 3.03. The number of nitrogens with one attached hydrogen (secondary N) is 1. The molecule has 0 radical (unpaired) electrons. The molecule has 4 rings (SSSR count). The number of rotatable bonds is 6. The third kappa shape index (κ3) is 4.25. The van der Waals surface area contributed by atoms with Crippen LogP contribution in [0.25, 0.3) is 21.7 Å². The summed E-state index contributed by atoms with van der Waals surface area (Å²) in [5.41, 5.74) is 3.70. The number of halogens is 1. The van der Waals surface area contributed by atoms with Crippen molar-refractivity contribution in [3.05, 3.63) is 70.4 Å². The Kier molecular flexibility index (Phi) is 5.92. The van der Waals surface area contributed by atoms with E-state index in [0.717, 1.165) is 20.6 Å². The first-order valence-electron chi connectivity index (χ1n) is 9.29. The number of fused-ring (bicyclic) bond motifs is 3. The fourth-order valence-electron chi connectivity index (χ4n) is 3.22. The van der Waals surface area contributed by atoms with E-state index in [9.17, 15) is 4.79 Å². The van der Waals surface area contributed by atoms with Gasteiger partial charge in [-0.1, -0.05) is 52.2 Å². The van der Waals surface area contributed by atoms with Gasteiger partial charge < -0.3 is 13.9 Å². The molecule has 1 amide bonds. The zero-order valence-corrected chi connectivity index (χ0v) is 18.1. The van der Waals surface area contributed by atoms with E-state index in [1.807, 2.05) is 36.4 Å². The zero-order valence-electron chi connectivity index (χ0n) is 16.5. The number of furan rings is 1. The van der Waals surface area contributed by atoms with Gasteiger partial charge in [-0.25, -0.2) is 5.43 Å². The van der Waals surface area contributed by atoms with Gasteiger partial charge in [-0.05, 0) is 35.0 Å². The van der Waals surface area contributed by atoms with Crippen LogP contribution in [0.3, 0.4) is 0 Å². The molecule has 1 aromatic heterocycles. The highest BCUT2D eigenvalue weighted by Gasteiger charge is 2.14. The Balaban J connectivity index is 1.58. The topological polar surface area (TPSA) is 73.1 Å². The van der Waals surface area contributed by atoms with Gasteiger partial charge in [0.15, 0.2) is 17.3 Å². The lowest BCUT2D eigenvalue weighted by Crippen LogP contribution is -2.16. The van der Waals surface area contributed by atoms with Crippen molar-refractivity contribution >= 4 is 49.8 Å². The molecule has 0 aliphatic heterocycles. The van der Waals surface area contributed by atoms with Crippen LogP contribution in [0.5, 0.6) is 11.5 Å². The number of methoxy groups -OCH3 is 1. The van der Waals surface area contributed by atoms with Crippen LogP contribution in [0.2, 0.25) is 0 Å². The Labute approximate surface area is 187 Å². The summed E-state index contributed by atoms with van der Waals surface area (Å²) in [5, 5.41) is 7.00. The van der Waals surface area contributed by atoms with Crippen LogP contribution < -0.4 is 14.9 Å². The second kappa shape index (κ2) is 8.94. The lowest BCUT2D eigenvalue weighted by Gasteiger charge is -2.12. The maximum absolute atomic E-state index is 12.6. The van der Waals surface area contributed by atoms with Gasteiger partial charge in [-0.15, -0.1) is 6.42 Å². The lowest BCUT2D eigenvalue weighted by molar-refractivity contribution is 0.0929. The third-order valence-corrected chi connectivity index (χ3v) is 5.05. The SMILES string of the molecule is C#CCOc1c(/C=N/NC(=O)c2cc3c(ccc4ccccc43)o2)cc(Br)cc1OC. The Hall–Kier alpha value is -3.76. The van der Waals surface area contributed by atoms with Gasteiger partial charge in [0.2, 0.25) is 0 Å². The van der Waals surface area contributed by atoms with Crippen LogP contribution in [-0.4, -0.2) is 25.8 Å². The van der Waals surface area contributed by atoms with E-state index in [1.165, 1.54) is 13.3 Å². The molecule has 154 valence electrons. The number of hydrazone groups is 1. The molecule has 0 aliphatic rings. The van der Waals surface area contributed by atoms with Crippen LogP contribution >= 0.6 is 15.9 Å². The van der Waals surface area contributed by atoms with Crippen LogP contribution in [0.4, 0.5) is 0 Å². The normalized spacial score (nSPS) is 11.0. The predicted molar refractivity (Wildman–Crippen MR) is 124 cm³/mol. The number of hydrogen-bond acceptors (Lipinski definition) is 5. The van der Waals surface area contributed by atoms with Gasteiger partial charge in [0.05, 0.1) is 13.3 Å². The largest absolute Gasteiger partial charge is 0.493 e. The number of benzene rings is 3. The summed E-state index contributed by atoms with van der Waals surface area (Å²) in [4.78, 5) is 12.6. The Morgan fingerprint density at radius 2 is 2.06 bits per heavy atom. The molecule has 6 nitrogen and oxygen atoms in total. The maximum Gasteiger partial charge on any atom is 0.307 e. The highest BCUT2D eigenvalue weighted by atomic mass is 79.9. The van der Waals surface area contributed by atoms with E-state index in [-0.39, 0.29) is 12.4 Å². The van der Waals surface area contributed by atoms with E-state index < -0.39 is 5.91 Å². The molecule has 0 saturated carbocycles. The molecule has 4 aromatic rings. The number of carbonyl (C=O) groups is 1. The molecule has 1 N–H and O–H groups in total. The van der Waals surface area contributed by atoms with Gasteiger partial charge in [0.1, 0.15) is 12.2 Å². The van der Waals surface area contributed by atoms with Crippen molar-refractivity contribution in [2.24, 2.45) is 5.10 Å². The monoisotopic (exact) mass is 476 g/mol. The lowest BCUT2D eigenvalue weighted by atomic mass is 10.1. The second-order valence-corrected chi connectivity index (χ2v) is 7.44. The molecular weight excluding hydrogens is 460 g/mol. The molecule has 7 heteroatoms. The summed E-state index contributed by atoms with van der Waals surface area (Å²) in [6, 6.07) is 17.0. The molecule has 3 aromatic carbocycles. The number of hydrogen-bond donors (Lipinski definition) is 1. The summed E-state index contributed by atoms with van der Waals surface area (Å²) >= 11 is 3.41. The van der Waals surface area contributed by atoms with Crippen LogP contribution in [0.1, 0.15) is 16.1 Å². The van der Waals surface area contributed by atoms with Crippen molar-refractivity contribution in [3.8, 4) is 23.8 Å². The number of terminal acetylenes is 1. The highest BCUT2D eigenvalue weighted by molar-refractivity contribution is 9.10. The molecule has 0 unspecified atom stereocenters. The standard InChI is InChI=1S/C24H17BrN2O4/c1-3-10-30-23-16(11-17(25)12-21(23)29-2)14-26-27-24(28)22-13-19-18-7-5-4-6-15(18)8-9-20(19)31-22/h1,4-9,11-14H,10H2,2H3,(H,27,28)/b26-14+. The Bertz CT molecular complexity index is 1350. The van der Waals surface area contributed by atoms with Crippen molar-refractivity contribution in [3.63, 3.8) is 0 Å². The molecule has 0 fully saturated rings. The minimum atomic E-state index is -0.468. The van der Waals surface area contributed by atoms with Gasteiger partial charge in [0.25, 0.3) is 0 Å². The average Bonchev–Trinajstić information content (AvgIpc) is 3.23. The minimum absolute atomic E-state index is 0.0676. The molecule has 0 bridgehead atoms. The summed E-state index contributed by atoms with van der Waals surface area (Å²) in [6.07, 6.45) is 6.75. The fraction of sp³-hybridized carbons (Fsp3) is 0.0833. The molecule has 0 aliphatic carbocycles. The van der Waals surface area contributed by atoms with Crippen molar-refractivity contribution in [1.82, 2.24) is 5.43 Å². The van der Waals surface area contributed by atoms with Crippen LogP contribution in [-0.2, 0) is 0 Å². The van der Waals surface area contributed by atoms with Crippen molar-refractivity contribution in [2.45, 2.75) is 0 Å². The van der Waals surface area contributed by atoms with E-state index in [4.69, 9.17) is 20.3 Å². The van der Waals surface area contributed by atoms with Gasteiger partial charge in [0, 0.05) is 15.4 Å². The molecular formula is C24H17BrN2O4. The third-order valence-electron chi connectivity index (χ3n) is 4.59. The van der Waals surface area contributed by atoms with Gasteiger partial charge >= 0.3 is 5.91 Å². The van der Waals surface area contributed by atoms with Crippen molar-refractivity contribution < 1.29 is 18.7 Å². The highest BCUT2D eigenvalue weighted by Crippen LogP contribution is 2.34. The first-order valence-corrected chi connectivity index (χ1v) is 10.1. The van der Waals surface area contributed by atoms with Gasteiger partial charge in [-0.3, -0.25) is 4.79 Å². The Morgan fingerprint density at radius 3 is 2.87 bits per heavy atom. The maximum atomic E-state index is 12.6. The fourth-order valence-corrected chi connectivity index (χ4v) is 3.68. The number of amides is 1. The first-order chi connectivity index (χ1) is 15.1. The van der Waals surface area contributed by atoms with E-state index >= 15 is 0 Å². The Morgan fingerprint density at radius 1 is 1.23 bits per heavy atom. The van der Waals surface area contributed by atoms with Crippen LogP contribution in [0, 0.1) is 12.3 Å². The van der Waals surface area contributed by atoms with E-state index in [1.54, 1.807) is 18.2 Å². The number of nitrogens with zero attached hydrogens (tertiary/aromatic N) is 1. The predicted octanol–water partition coefficient (Wildman–Crippen LogP) is 5.13. The summed E-state index contributed by atoms with van der Waals surface area (Å²) < 4.78 is 17.4. The number of carbonyl (C=O) groups excluding carboxylic acids is 1. The van der Waals surface area contributed by atoms with Gasteiger partial charge in [-0.2, -0.15) is 5.10 Å².